The summed E-state index contributed by atoms with van der Waals surface area (Å²) < 4.78 is 12.0. The topological polar surface area (TPSA) is 48.0 Å². The number of nitrogens with zero attached hydrogens (tertiary/aromatic N) is 1. The summed E-state index contributed by atoms with van der Waals surface area (Å²) in [5.41, 5.74) is 0.538. The van der Waals surface area contributed by atoms with E-state index < -0.39 is 5.41 Å². The maximum atomic E-state index is 12.5. The minimum Gasteiger partial charge on any atom is -0.374 e. The molecule has 0 N–H and O–H groups in total. The summed E-state index contributed by atoms with van der Waals surface area (Å²) in [5.74, 6) is 0.0264. The molecule has 1 aromatic rings. The molecule has 0 atom stereocenters. The Morgan fingerprint density at radius 3 is 2.48 bits per heavy atom. The van der Waals surface area contributed by atoms with Crippen LogP contribution in [0.15, 0.2) is 30.3 Å². The van der Waals surface area contributed by atoms with Crippen LogP contribution in [-0.4, -0.2) is 43.9 Å². The summed E-state index contributed by atoms with van der Waals surface area (Å²) in [5, 5.41) is 1.33. The number of hydroxylamine groups is 2. The monoisotopic (exact) mass is 319 g/mol. The molecule has 0 spiro atoms. The Balaban J connectivity index is 1.54. The zero-order valence-corrected chi connectivity index (χ0v) is 13.9. The molecule has 2 heterocycles. The summed E-state index contributed by atoms with van der Waals surface area (Å²) in [7, 11) is 3.18. The van der Waals surface area contributed by atoms with Crippen LogP contribution in [0, 0.1) is 5.41 Å². The van der Waals surface area contributed by atoms with Gasteiger partial charge in [0.15, 0.2) is 0 Å². The standard InChI is InChI=1S/C18H25NO4/c1-19(21-2)16(20)17-8-10-18(11-9-17,23-13-17)14-22-12-15-6-4-3-5-7-15/h3-7H,8-14H2,1-2H3. The van der Waals surface area contributed by atoms with Gasteiger partial charge in [-0.3, -0.25) is 9.63 Å². The number of amides is 1. The first-order chi connectivity index (χ1) is 11.1. The predicted molar refractivity (Wildman–Crippen MR) is 85.5 cm³/mol. The van der Waals surface area contributed by atoms with Crippen LogP contribution in [0.25, 0.3) is 0 Å². The van der Waals surface area contributed by atoms with Gasteiger partial charge in [0.25, 0.3) is 5.91 Å². The molecule has 1 amide bonds. The van der Waals surface area contributed by atoms with Gasteiger partial charge in [-0.15, -0.1) is 0 Å². The second-order valence-electron chi connectivity index (χ2n) is 6.72. The van der Waals surface area contributed by atoms with Gasteiger partial charge in [0.2, 0.25) is 0 Å². The van der Waals surface area contributed by atoms with E-state index in [1.165, 1.54) is 17.7 Å². The number of carbonyl (C=O) groups excluding carboxylic acids is 1. The van der Waals surface area contributed by atoms with E-state index in [9.17, 15) is 4.79 Å². The molecule has 0 radical (unpaired) electrons. The van der Waals surface area contributed by atoms with E-state index in [0.717, 1.165) is 25.7 Å². The summed E-state index contributed by atoms with van der Waals surface area (Å²) in [6, 6.07) is 10.2. The maximum absolute atomic E-state index is 12.5. The summed E-state index contributed by atoms with van der Waals surface area (Å²) in [6.45, 7) is 1.66. The molecule has 1 aliphatic carbocycles. The lowest BCUT2D eigenvalue weighted by atomic mass is 9.65. The van der Waals surface area contributed by atoms with Crippen molar-refractivity contribution in [1.29, 1.82) is 0 Å². The van der Waals surface area contributed by atoms with Crippen LogP contribution < -0.4 is 0 Å². The van der Waals surface area contributed by atoms with Crippen molar-refractivity contribution in [2.45, 2.75) is 37.9 Å². The minimum atomic E-state index is -0.411. The van der Waals surface area contributed by atoms with E-state index in [2.05, 4.69) is 12.1 Å². The number of hydrogen-bond donors (Lipinski definition) is 0. The first-order valence-electron chi connectivity index (χ1n) is 8.17. The molecule has 4 rings (SSSR count). The number of ether oxygens (including phenoxy) is 2. The highest BCUT2D eigenvalue weighted by molar-refractivity contribution is 5.82. The molecule has 0 aromatic heterocycles. The van der Waals surface area contributed by atoms with Gasteiger partial charge < -0.3 is 9.47 Å². The molecule has 126 valence electrons. The zero-order valence-electron chi connectivity index (χ0n) is 13.9. The van der Waals surface area contributed by atoms with E-state index in [-0.39, 0.29) is 11.5 Å². The molecule has 1 aromatic carbocycles. The van der Waals surface area contributed by atoms with Gasteiger partial charge in [-0.1, -0.05) is 30.3 Å². The Kier molecular flexibility index (Phi) is 4.71. The molecule has 5 nitrogen and oxygen atoms in total. The normalized spacial score (nSPS) is 29.5. The molecule has 3 aliphatic rings. The van der Waals surface area contributed by atoms with Gasteiger partial charge in [0, 0.05) is 7.05 Å². The van der Waals surface area contributed by atoms with E-state index in [0.29, 0.717) is 19.8 Å². The molecular weight excluding hydrogens is 294 g/mol. The van der Waals surface area contributed by atoms with E-state index >= 15 is 0 Å². The zero-order chi connectivity index (χ0) is 16.3. The molecule has 5 heteroatoms. The Bertz CT molecular complexity index is 521. The predicted octanol–water partition coefficient (Wildman–Crippen LogP) is 2.55. The van der Waals surface area contributed by atoms with Gasteiger partial charge in [0.05, 0.1) is 37.9 Å². The van der Waals surface area contributed by atoms with Crippen molar-refractivity contribution < 1.29 is 19.1 Å². The second-order valence-corrected chi connectivity index (χ2v) is 6.72. The molecular formula is C18H25NO4. The van der Waals surface area contributed by atoms with Crippen LogP contribution in [0.4, 0.5) is 0 Å². The third-order valence-electron chi connectivity index (χ3n) is 5.26. The molecule has 2 aliphatic heterocycles. The number of rotatable bonds is 6. The van der Waals surface area contributed by atoms with Crippen molar-refractivity contribution in [2.24, 2.45) is 5.41 Å². The highest BCUT2D eigenvalue weighted by atomic mass is 16.7. The first-order valence-corrected chi connectivity index (χ1v) is 8.17. The van der Waals surface area contributed by atoms with E-state index in [4.69, 9.17) is 14.3 Å². The Hall–Kier alpha value is -1.43. The fourth-order valence-electron chi connectivity index (χ4n) is 3.57. The van der Waals surface area contributed by atoms with Crippen LogP contribution in [0.1, 0.15) is 31.2 Å². The maximum Gasteiger partial charge on any atom is 0.254 e. The lowest BCUT2D eigenvalue weighted by Gasteiger charge is -2.52. The average Bonchev–Trinajstić information content (AvgIpc) is 2.63. The number of benzene rings is 1. The lowest BCUT2D eigenvalue weighted by Crippen LogP contribution is -2.58. The molecule has 2 saturated heterocycles. The van der Waals surface area contributed by atoms with Crippen LogP contribution in [0.2, 0.25) is 0 Å². The quantitative estimate of drug-likeness (QED) is 0.756. The molecule has 1 saturated carbocycles. The number of hydrogen-bond acceptors (Lipinski definition) is 4. The Morgan fingerprint density at radius 2 is 1.91 bits per heavy atom. The van der Waals surface area contributed by atoms with Crippen molar-refractivity contribution in [3.8, 4) is 0 Å². The van der Waals surface area contributed by atoms with Crippen LogP contribution in [0.3, 0.4) is 0 Å². The Labute approximate surface area is 137 Å². The SMILES string of the molecule is CON(C)C(=O)C12CCC(COCc3ccccc3)(CC1)OC2. The van der Waals surface area contributed by atoms with Gasteiger partial charge in [-0.05, 0) is 31.2 Å². The van der Waals surface area contributed by atoms with Gasteiger partial charge in [0.1, 0.15) is 0 Å². The van der Waals surface area contributed by atoms with Crippen LogP contribution in [-0.2, 0) is 25.7 Å². The summed E-state index contributed by atoms with van der Waals surface area (Å²) in [4.78, 5) is 17.6. The first kappa shape index (κ1) is 16.4. The third kappa shape index (κ3) is 3.27. The average molecular weight is 319 g/mol. The highest BCUT2D eigenvalue weighted by Gasteiger charge is 2.54. The largest absolute Gasteiger partial charge is 0.374 e. The van der Waals surface area contributed by atoms with Crippen molar-refractivity contribution in [1.82, 2.24) is 5.06 Å². The van der Waals surface area contributed by atoms with E-state index in [1.54, 1.807) is 7.05 Å². The second kappa shape index (κ2) is 6.59. The summed E-state index contributed by atoms with van der Waals surface area (Å²) in [6.07, 6.45) is 3.42. The van der Waals surface area contributed by atoms with Gasteiger partial charge in [-0.2, -0.15) is 0 Å². The summed E-state index contributed by atoms with van der Waals surface area (Å²) >= 11 is 0. The molecule has 0 unspecified atom stereocenters. The smallest absolute Gasteiger partial charge is 0.254 e. The van der Waals surface area contributed by atoms with Crippen molar-refractivity contribution in [3.05, 3.63) is 35.9 Å². The minimum absolute atomic E-state index is 0.0264. The Morgan fingerprint density at radius 1 is 1.22 bits per heavy atom. The van der Waals surface area contributed by atoms with Gasteiger partial charge >= 0.3 is 0 Å². The van der Waals surface area contributed by atoms with Crippen molar-refractivity contribution >= 4 is 5.91 Å². The number of carbonyl (C=O) groups is 1. The molecule has 3 fully saturated rings. The number of fused-ring (bicyclic) bond motifs is 3. The lowest BCUT2D eigenvalue weighted by molar-refractivity contribution is -0.228. The van der Waals surface area contributed by atoms with E-state index in [1.807, 2.05) is 18.2 Å². The highest BCUT2D eigenvalue weighted by Crippen LogP contribution is 2.49. The molecule has 2 bridgehead atoms. The van der Waals surface area contributed by atoms with Crippen molar-refractivity contribution in [2.75, 3.05) is 27.4 Å². The fraction of sp³-hybridized carbons (Fsp3) is 0.611. The third-order valence-corrected chi connectivity index (χ3v) is 5.26. The van der Waals surface area contributed by atoms with Crippen LogP contribution >= 0.6 is 0 Å². The van der Waals surface area contributed by atoms with Gasteiger partial charge in [-0.25, -0.2) is 5.06 Å². The molecule has 23 heavy (non-hydrogen) atoms. The van der Waals surface area contributed by atoms with Crippen molar-refractivity contribution in [3.63, 3.8) is 0 Å². The van der Waals surface area contributed by atoms with Crippen LogP contribution in [0.5, 0.6) is 0 Å². The fourth-order valence-corrected chi connectivity index (χ4v) is 3.57.